The minimum Gasteiger partial charge on any atom is -0.265 e. The molecule has 1 aromatic heterocycles. The molecule has 1 nitrogen and oxygen atoms in total. The first-order valence-electron chi connectivity index (χ1n) is 3.69. The highest BCUT2D eigenvalue weighted by Crippen LogP contribution is 2.17. The van der Waals surface area contributed by atoms with Crippen molar-refractivity contribution in [2.24, 2.45) is 0 Å². The summed E-state index contributed by atoms with van der Waals surface area (Å²) in [6, 6.07) is 4.05. The van der Waals surface area contributed by atoms with Gasteiger partial charge in [-0.1, -0.05) is 13.8 Å². The predicted molar refractivity (Wildman–Crippen MR) is 51.0 cm³/mol. The van der Waals surface area contributed by atoms with E-state index in [0.29, 0.717) is 0 Å². The highest BCUT2D eigenvalue weighted by atomic mass is 32.1. The van der Waals surface area contributed by atoms with Gasteiger partial charge in [-0.3, -0.25) is 4.98 Å². The molecule has 1 rings (SSSR count). The van der Waals surface area contributed by atoms with Crippen molar-refractivity contribution in [2.75, 3.05) is 0 Å². The van der Waals surface area contributed by atoms with Gasteiger partial charge in [-0.25, -0.2) is 0 Å². The number of thiol groups is 1. The van der Waals surface area contributed by atoms with E-state index in [4.69, 9.17) is 0 Å². The number of rotatable bonds is 2. The molecule has 0 spiro atoms. The van der Waals surface area contributed by atoms with Crippen LogP contribution < -0.4 is 0 Å². The molecule has 0 aromatic carbocycles. The summed E-state index contributed by atoms with van der Waals surface area (Å²) in [5.41, 5.74) is 1.29. The topological polar surface area (TPSA) is 12.9 Å². The Labute approximate surface area is 73.3 Å². The van der Waals surface area contributed by atoms with Crippen molar-refractivity contribution in [1.29, 1.82) is 0 Å². The van der Waals surface area contributed by atoms with E-state index in [9.17, 15) is 0 Å². The summed E-state index contributed by atoms with van der Waals surface area (Å²) in [6.07, 6.45) is 4.61. The van der Waals surface area contributed by atoms with Crippen LogP contribution in [0.2, 0.25) is 0 Å². The lowest BCUT2D eigenvalue weighted by molar-refractivity contribution is 0.714. The first kappa shape index (κ1) is 8.60. The van der Waals surface area contributed by atoms with Crippen molar-refractivity contribution in [1.82, 2.24) is 4.98 Å². The van der Waals surface area contributed by atoms with E-state index >= 15 is 0 Å². The van der Waals surface area contributed by atoms with E-state index in [1.807, 2.05) is 24.5 Å². The molecule has 2 heteroatoms. The van der Waals surface area contributed by atoms with E-state index < -0.39 is 0 Å². The van der Waals surface area contributed by atoms with Crippen molar-refractivity contribution in [3.8, 4) is 0 Å². The van der Waals surface area contributed by atoms with Crippen LogP contribution in [0.1, 0.15) is 19.4 Å². The molecule has 0 aliphatic carbocycles. The van der Waals surface area contributed by atoms with E-state index in [0.717, 1.165) is 6.42 Å². The van der Waals surface area contributed by atoms with Crippen LogP contribution in [-0.2, 0) is 6.42 Å². The maximum absolute atomic E-state index is 4.45. The van der Waals surface area contributed by atoms with Crippen molar-refractivity contribution < 1.29 is 0 Å². The number of aromatic nitrogens is 1. The molecule has 0 aliphatic heterocycles. The number of hydrogen-bond acceptors (Lipinski definition) is 2. The van der Waals surface area contributed by atoms with Crippen LogP contribution in [0.4, 0.5) is 0 Å². The molecule has 0 atom stereocenters. The largest absolute Gasteiger partial charge is 0.265 e. The molecule has 0 amide bonds. The first-order valence-corrected chi connectivity index (χ1v) is 4.14. The molecule has 0 N–H and O–H groups in total. The molecule has 0 saturated heterocycles. The van der Waals surface area contributed by atoms with Gasteiger partial charge < -0.3 is 0 Å². The number of pyridine rings is 1. The molecule has 0 unspecified atom stereocenters. The molecular formula is C9H13NS. The maximum atomic E-state index is 4.45. The second-order valence-electron chi connectivity index (χ2n) is 3.34. The average molecular weight is 167 g/mol. The Balaban J connectivity index is 2.66. The van der Waals surface area contributed by atoms with Gasteiger partial charge in [0.1, 0.15) is 0 Å². The number of hydrogen-bond donors (Lipinski definition) is 1. The monoisotopic (exact) mass is 167 g/mol. The highest BCUT2D eigenvalue weighted by Gasteiger charge is 2.11. The second-order valence-corrected chi connectivity index (χ2v) is 4.56. The molecule has 0 saturated carbocycles. The van der Waals surface area contributed by atoms with Crippen molar-refractivity contribution in [3.63, 3.8) is 0 Å². The standard InChI is InChI=1S/C9H13NS/c1-9(2,11)7-8-3-5-10-6-4-8/h3-6,11H,7H2,1-2H3. The Morgan fingerprint density at radius 2 is 1.91 bits per heavy atom. The van der Waals surface area contributed by atoms with Gasteiger partial charge in [0, 0.05) is 17.1 Å². The SMILES string of the molecule is CC(C)(S)Cc1ccncc1. The third-order valence-electron chi connectivity index (χ3n) is 1.39. The van der Waals surface area contributed by atoms with Gasteiger partial charge in [0.05, 0.1) is 0 Å². The summed E-state index contributed by atoms with van der Waals surface area (Å²) in [5, 5.41) is 0. The lowest BCUT2D eigenvalue weighted by Gasteiger charge is -2.16. The fourth-order valence-corrected chi connectivity index (χ4v) is 1.18. The zero-order valence-electron chi connectivity index (χ0n) is 6.91. The maximum Gasteiger partial charge on any atom is 0.0270 e. The third-order valence-corrected chi connectivity index (χ3v) is 1.54. The average Bonchev–Trinajstić information content (AvgIpc) is 1.85. The van der Waals surface area contributed by atoms with Gasteiger partial charge >= 0.3 is 0 Å². The molecule has 0 bridgehead atoms. The van der Waals surface area contributed by atoms with Crippen LogP contribution >= 0.6 is 12.6 Å². The summed E-state index contributed by atoms with van der Waals surface area (Å²) in [6.45, 7) is 4.22. The second kappa shape index (κ2) is 3.26. The Morgan fingerprint density at radius 1 is 1.36 bits per heavy atom. The minimum absolute atomic E-state index is 0.0708. The molecule has 0 aliphatic rings. The molecule has 0 fully saturated rings. The van der Waals surface area contributed by atoms with Crippen molar-refractivity contribution in [2.45, 2.75) is 25.0 Å². The van der Waals surface area contributed by atoms with Crippen LogP contribution in [0.15, 0.2) is 24.5 Å². The molecule has 1 aromatic rings. The molecule has 60 valence electrons. The summed E-state index contributed by atoms with van der Waals surface area (Å²) in [7, 11) is 0. The summed E-state index contributed by atoms with van der Waals surface area (Å²) >= 11 is 4.45. The van der Waals surface area contributed by atoms with Crippen LogP contribution in [0.25, 0.3) is 0 Å². The molecule has 11 heavy (non-hydrogen) atoms. The first-order chi connectivity index (χ1) is 5.08. The lowest BCUT2D eigenvalue weighted by atomic mass is 10.0. The van der Waals surface area contributed by atoms with Crippen LogP contribution in [0, 0.1) is 0 Å². The van der Waals surface area contributed by atoms with Crippen molar-refractivity contribution >= 4 is 12.6 Å². The van der Waals surface area contributed by atoms with Gasteiger partial charge in [-0.05, 0) is 24.1 Å². The van der Waals surface area contributed by atoms with Crippen LogP contribution in [-0.4, -0.2) is 9.73 Å². The third kappa shape index (κ3) is 3.42. The Bertz CT molecular complexity index is 213. The lowest BCUT2D eigenvalue weighted by Crippen LogP contribution is -2.13. The highest BCUT2D eigenvalue weighted by molar-refractivity contribution is 7.81. The van der Waals surface area contributed by atoms with E-state index in [2.05, 4.69) is 31.5 Å². The Kier molecular flexibility index (Phi) is 2.55. The zero-order chi connectivity index (χ0) is 8.32. The smallest absolute Gasteiger partial charge is 0.0270 e. The quantitative estimate of drug-likeness (QED) is 0.667. The van der Waals surface area contributed by atoms with Gasteiger partial charge in [0.15, 0.2) is 0 Å². The Morgan fingerprint density at radius 3 is 2.36 bits per heavy atom. The summed E-state index contributed by atoms with van der Waals surface area (Å²) in [5.74, 6) is 0. The van der Waals surface area contributed by atoms with E-state index in [1.165, 1.54) is 5.56 Å². The molecule has 1 heterocycles. The van der Waals surface area contributed by atoms with E-state index in [1.54, 1.807) is 0 Å². The summed E-state index contributed by atoms with van der Waals surface area (Å²) < 4.78 is 0.0708. The zero-order valence-corrected chi connectivity index (χ0v) is 7.81. The normalized spacial score (nSPS) is 11.5. The molecule has 0 radical (unpaired) electrons. The fourth-order valence-electron chi connectivity index (χ4n) is 1.00. The number of nitrogens with zero attached hydrogens (tertiary/aromatic N) is 1. The van der Waals surface area contributed by atoms with E-state index in [-0.39, 0.29) is 4.75 Å². The van der Waals surface area contributed by atoms with Gasteiger partial charge in [0.25, 0.3) is 0 Å². The van der Waals surface area contributed by atoms with Crippen LogP contribution in [0.3, 0.4) is 0 Å². The fraction of sp³-hybridized carbons (Fsp3) is 0.444. The molecular weight excluding hydrogens is 154 g/mol. The van der Waals surface area contributed by atoms with Crippen molar-refractivity contribution in [3.05, 3.63) is 30.1 Å². The predicted octanol–water partition coefficient (Wildman–Crippen LogP) is 2.33. The van der Waals surface area contributed by atoms with Gasteiger partial charge in [-0.2, -0.15) is 12.6 Å². The van der Waals surface area contributed by atoms with Gasteiger partial charge in [-0.15, -0.1) is 0 Å². The van der Waals surface area contributed by atoms with Crippen LogP contribution in [0.5, 0.6) is 0 Å². The Hall–Kier alpha value is -0.500. The van der Waals surface area contributed by atoms with Gasteiger partial charge in [0.2, 0.25) is 0 Å². The minimum atomic E-state index is 0.0708. The summed E-state index contributed by atoms with van der Waals surface area (Å²) in [4.78, 5) is 3.95.